The Hall–Kier alpha value is -1.29. The largest absolute Gasteiger partial charge is 0.443 e. The van der Waals surface area contributed by atoms with Gasteiger partial charge in [0.25, 0.3) is 5.92 Å². The number of halogens is 2. The third-order valence-electron chi connectivity index (χ3n) is 8.81. The first-order chi connectivity index (χ1) is 16.6. The van der Waals surface area contributed by atoms with E-state index in [-0.39, 0.29) is 54.5 Å². The van der Waals surface area contributed by atoms with Crippen LogP contribution in [0.1, 0.15) is 52.9 Å². The molecular formula is C26H40F2N2O5. The van der Waals surface area contributed by atoms with Gasteiger partial charge in [-0.15, -0.1) is 0 Å². The normalized spacial score (nSPS) is 40.5. The molecule has 4 heterocycles. The molecule has 1 amide bonds. The molecule has 6 atom stereocenters. The van der Waals surface area contributed by atoms with E-state index >= 15 is 0 Å². The van der Waals surface area contributed by atoms with Crippen molar-refractivity contribution in [3.63, 3.8) is 0 Å². The Morgan fingerprint density at radius 1 is 1.23 bits per heavy atom. The van der Waals surface area contributed by atoms with Crippen LogP contribution in [0.25, 0.3) is 0 Å². The maximum Gasteiger partial charge on any atom is 0.410 e. The van der Waals surface area contributed by atoms with Crippen LogP contribution in [-0.2, 0) is 18.9 Å². The Bertz CT molecular complexity index is 840. The summed E-state index contributed by atoms with van der Waals surface area (Å²) in [7, 11) is 1.68. The summed E-state index contributed by atoms with van der Waals surface area (Å²) >= 11 is 0. The van der Waals surface area contributed by atoms with E-state index < -0.39 is 5.92 Å². The van der Waals surface area contributed by atoms with Gasteiger partial charge in [-0.25, -0.2) is 13.6 Å². The lowest BCUT2D eigenvalue weighted by Crippen LogP contribution is -2.57. The Labute approximate surface area is 207 Å². The summed E-state index contributed by atoms with van der Waals surface area (Å²) in [6, 6.07) is 0. The minimum absolute atomic E-state index is 0.00448. The quantitative estimate of drug-likeness (QED) is 0.374. The number of hydrogen-bond acceptors (Lipinski definition) is 6. The second-order valence-corrected chi connectivity index (χ2v) is 11.7. The van der Waals surface area contributed by atoms with Crippen LogP contribution >= 0.6 is 0 Å². The fourth-order valence-electron chi connectivity index (χ4n) is 6.54. The number of epoxide rings is 2. The molecule has 1 saturated carbocycles. The van der Waals surface area contributed by atoms with Crippen LogP contribution in [0.2, 0.25) is 0 Å². The van der Waals surface area contributed by atoms with Gasteiger partial charge < -0.3 is 23.8 Å². The van der Waals surface area contributed by atoms with E-state index in [1.165, 1.54) is 5.57 Å². The molecule has 0 radical (unpaired) electrons. The Morgan fingerprint density at radius 3 is 2.57 bits per heavy atom. The molecule has 198 valence electrons. The van der Waals surface area contributed by atoms with E-state index in [0.717, 1.165) is 19.3 Å². The molecule has 4 saturated heterocycles. The zero-order chi connectivity index (χ0) is 25.0. The number of amides is 1. The zero-order valence-electron chi connectivity index (χ0n) is 21.4. The van der Waals surface area contributed by atoms with Crippen molar-refractivity contribution >= 4 is 6.09 Å². The number of alkyl halides is 2. The van der Waals surface area contributed by atoms with E-state index in [0.29, 0.717) is 45.1 Å². The summed E-state index contributed by atoms with van der Waals surface area (Å²) in [6.07, 6.45) is 4.54. The molecule has 0 N–H and O–H groups in total. The van der Waals surface area contributed by atoms with Gasteiger partial charge in [-0.3, -0.25) is 4.90 Å². The molecule has 35 heavy (non-hydrogen) atoms. The van der Waals surface area contributed by atoms with E-state index in [4.69, 9.17) is 18.9 Å². The SMILES string of the molecule is CO[C@H]1C([C@@]2(C)O[C@@H]2CC=C(C)C)[C@]2(CC[C@H]1OC(=O)N1CC(CCN3CCC(F)(F)C3)C1)CO2. The molecule has 9 heteroatoms. The molecule has 5 rings (SSSR count). The summed E-state index contributed by atoms with van der Waals surface area (Å²) in [6.45, 7) is 9.22. The predicted octanol–water partition coefficient (Wildman–Crippen LogP) is 3.86. The van der Waals surface area contributed by atoms with Crippen LogP contribution in [0.3, 0.4) is 0 Å². The van der Waals surface area contributed by atoms with Gasteiger partial charge in [-0.05, 0) is 58.9 Å². The van der Waals surface area contributed by atoms with E-state index in [1.807, 2.05) is 4.90 Å². The Balaban J connectivity index is 1.13. The molecule has 0 aromatic rings. The van der Waals surface area contributed by atoms with Gasteiger partial charge in [0, 0.05) is 33.2 Å². The highest BCUT2D eigenvalue weighted by Crippen LogP contribution is 2.59. The summed E-state index contributed by atoms with van der Waals surface area (Å²) in [5.41, 5.74) is 0.666. The first-order valence-corrected chi connectivity index (χ1v) is 13.1. The van der Waals surface area contributed by atoms with Gasteiger partial charge in [0.05, 0.1) is 25.2 Å². The molecular weight excluding hydrogens is 458 g/mol. The highest BCUT2D eigenvalue weighted by Gasteiger charge is 2.72. The number of methoxy groups -OCH3 is 1. The molecule has 4 aliphatic heterocycles. The van der Waals surface area contributed by atoms with E-state index in [9.17, 15) is 13.6 Å². The fraction of sp³-hybridized carbons (Fsp3) is 0.885. The van der Waals surface area contributed by atoms with E-state index in [1.54, 1.807) is 12.0 Å². The van der Waals surface area contributed by atoms with Crippen molar-refractivity contribution in [1.82, 2.24) is 9.80 Å². The van der Waals surface area contributed by atoms with Crippen LogP contribution in [0.5, 0.6) is 0 Å². The molecule has 0 bridgehead atoms. The third-order valence-corrected chi connectivity index (χ3v) is 8.81. The lowest BCUT2D eigenvalue weighted by atomic mass is 9.68. The van der Waals surface area contributed by atoms with Gasteiger partial charge in [-0.2, -0.15) is 0 Å². The summed E-state index contributed by atoms with van der Waals surface area (Å²) in [4.78, 5) is 16.5. The first kappa shape index (κ1) is 25.4. The molecule has 7 nitrogen and oxygen atoms in total. The number of carbonyl (C=O) groups excluding carboxylic acids is 1. The number of ether oxygens (including phenoxy) is 4. The van der Waals surface area contributed by atoms with Crippen LogP contribution < -0.4 is 0 Å². The van der Waals surface area contributed by atoms with Gasteiger partial charge in [0.15, 0.2) is 0 Å². The maximum absolute atomic E-state index is 13.4. The lowest BCUT2D eigenvalue weighted by molar-refractivity contribution is -0.124. The monoisotopic (exact) mass is 498 g/mol. The van der Waals surface area contributed by atoms with Gasteiger partial charge in [-0.1, -0.05) is 11.6 Å². The van der Waals surface area contributed by atoms with Crippen molar-refractivity contribution in [1.29, 1.82) is 0 Å². The zero-order valence-corrected chi connectivity index (χ0v) is 21.4. The van der Waals surface area contributed by atoms with Crippen LogP contribution in [0.15, 0.2) is 11.6 Å². The van der Waals surface area contributed by atoms with Crippen molar-refractivity contribution in [2.75, 3.05) is 46.4 Å². The van der Waals surface area contributed by atoms with Gasteiger partial charge in [0.2, 0.25) is 0 Å². The standard InChI is InChI=1S/C26H40F2N2O5/c1-17(2)5-6-20-24(3,35-20)22-21(32-4)19(7-9-25(22)16-33-25)34-23(31)30-13-18(14-30)8-11-29-12-10-26(27,28)15-29/h5,18-22H,6-16H2,1-4H3/t19-,20-,21-,22?,24+,25+/m1/s1. The number of nitrogens with zero attached hydrogens (tertiary/aromatic N) is 2. The third kappa shape index (κ3) is 5.11. The minimum atomic E-state index is -2.55. The molecule has 0 aromatic carbocycles. The summed E-state index contributed by atoms with van der Waals surface area (Å²) in [5.74, 6) is -2.21. The number of likely N-dealkylation sites (tertiary alicyclic amines) is 2. The van der Waals surface area contributed by atoms with Crippen molar-refractivity contribution in [2.45, 2.75) is 88.3 Å². The molecule has 5 fully saturated rings. The first-order valence-electron chi connectivity index (χ1n) is 13.1. The highest BCUT2D eigenvalue weighted by atomic mass is 19.3. The van der Waals surface area contributed by atoms with Crippen LogP contribution in [0, 0.1) is 11.8 Å². The number of carbonyl (C=O) groups is 1. The van der Waals surface area contributed by atoms with Crippen molar-refractivity contribution in [2.24, 2.45) is 11.8 Å². The van der Waals surface area contributed by atoms with Gasteiger partial charge >= 0.3 is 6.09 Å². The van der Waals surface area contributed by atoms with Crippen LogP contribution in [-0.4, -0.2) is 97.8 Å². The molecule has 1 aliphatic carbocycles. The van der Waals surface area contributed by atoms with Crippen molar-refractivity contribution in [3.8, 4) is 0 Å². The number of rotatable bonds is 8. The molecule has 5 aliphatic rings. The minimum Gasteiger partial charge on any atom is -0.443 e. The fourth-order valence-corrected chi connectivity index (χ4v) is 6.54. The van der Waals surface area contributed by atoms with E-state index in [2.05, 4.69) is 26.8 Å². The average molecular weight is 499 g/mol. The lowest BCUT2D eigenvalue weighted by Gasteiger charge is -2.44. The summed E-state index contributed by atoms with van der Waals surface area (Å²) < 4.78 is 50.9. The highest BCUT2D eigenvalue weighted by molar-refractivity contribution is 5.69. The second kappa shape index (κ2) is 9.23. The molecule has 0 aromatic heterocycles. The molecule has 1 unspecified atom stereocenters. The smallest absolute Gasteiger partial charge is 0.410 e. The van der Waals surface area contributed by atoms with Crippen molar-refractivity contribution in [3.05, 3.63) is 11.6 Å². The van der Waals surface area contributed by atoms with Crippen molar-refractivity contribution < 1.29 is 32.5 Å². The number of allylic oxidation sites excluding steroid dienone is 1. The molecule has 1 spiro atoms. The van der Waals surface area contributed by atoms with Gasteiger partial charge in [0.1, 0.15) is 23.4 Å². The summed E-state index contributed by atoms with van der Waals surface area (Å²) in [5, 5.41) is 0. The second-order valence-electron chi connectivity index (χ2n) is 11.7. The maximum atomic E-state index is 13.4. The Morgan fingerprint density at radius 2 is 1.97 bits per heavy atom. The number of hydrogen-bond donors (Lipinski definition) is 0. The Kier molecular flexibility index (Phi) is 6.69. The topological polar surface area (TPSA) is 67.1 Å². The average Bonchev–Trinajstić information content (AvgIpc) is 3.64. The predicted molar refractivity (Wildman–Crippen MR) is 125 cm³/mol. The van der Waals surface area contributed by atoms with Crippen LogP contribution in [0.4, 0.5) is 13.6 Å².